The number of nitrogens with one attached hydrogen (secondary N) is 2. The highest BCUT2D eigenvalue weighted by Gasteiger charge is 2.01. The largest absolute Gasteiger partial charge is 0.375 e. The number of guanidine groups is 1. The van der Waals surface area contributed by atoms with Gasteiger partial charge in [0.2, 0.25) is 0 Å². The molecule has 0 fully saturated rings. The fourth-order valence-electron chi connectivity index (χ4n) is 1.66. The second-order valence-corrected chi connectivity index (χ2v) is 4.55. The third-order valence-electron chi connectivity index (χ3n) is 2.62. The Morgan fingerprint density at radius 2 is 2.11 bits per heavy atom. The quantitative estimate of drug-likeness (QED) is 0.594. The second kappa shape index (κ2) is 9.39. The Labute approximate surface area is 136 Å². The number of aliphatic imine (C=N–C) groups is 1. The summed E-state index contributed by atoms with van der Waals surface area (Å²) in [6.07, 6.45) is 1.11. The number of ether oxygens (including phenoxy) is 1. The van der Waals surface area contributed by atoms with Crippen molar-refractivity contribution in [3.63, 3.8) is 0 Å². The maximum atomic E-state index is 5.81. The molecule has 1 aliphatic heterocycles. The molecule has 19 heavy (non-hydrogen) atoms. The molecule has 4 nitrogen and oxygen atoms in total. The Morgan fingerprint density at radius 3 is 2.79 bits per heavy atom. The number of benzene rings is 1. The van der Waals surface area contributed by atoms with Crippen LogP contribution in [0.3, 0.4) is 0 Å². The lowest BCUT2D eigenvalue weighted by atomic mass is 10.2. The first-order valence-corrected chi connectivity index (χ1v) is 6.57. The minimum atomic E-state index is 0. The zero-order valence-corrected chi connectivity index (χ0v) is 13.8. The van der Waals surface area contributed by atoms with Gasteiger partial charge in [-0.25, -0.2) is 0 Å². The predicted molar refractivity (Wildman–Crippen MR) is 89.4 cm³/mol. The van der Waals surface area contributed by atoms with E-state index in [1.807, 2.05) is 24.3 Å². The van der Waals surface area contributed by atoms with Gasteiger partial charge < -0.3 is 15.4 Å². The summed E-state index contributed by atoms with van der Waals surface area (Å²) in [7, 11) is 0. The summed E-state index contributed by atoms with van der Waals surface area (Å²) in [6, 6.07) is 7.70. The molecule has 2 rings (SSSR count). The average Bonchev–Trinajstić information content (AvgIpc) is 2.42. The molecule has 0 atom stereocenters. The number of nitrogens with zero attached hydrogens (tertiary/aromatic N) is 1. The van der Waals surface area contributed by atoms with Gasteiger partial charge in [-0.05, 0) is 24.1 Å². The third kappa shape index (κ3) is 6.44. The van der Waals surface area contributed by atoms with Crippen molar-refractivity contribution in [1.82, 2.24) is 10.6 Å². The molecular weight excluding hydrogens is 377 g/mol. The first kappa shape index (κ1) is 16.5. The minimum absolute atomic E-state index is 0. The molecule has 0 bridgehead atoms. The highest BCUT2D eigenvalue weighted by Crippen LogP contribution is 2.09. The van der Waals surface area contributed by atoms with Crippen LogP contribution in [0, 0.1) is 0 Å². The van der Waals surface area contributed by atoms with E-state index in [4.69, 9.17) is 16.3 Å². The van der Waals surface area contributed by atoms with Crippen LogP contribution in [0.15, 0.2) is 29.3 Å². The van der Waals surface area contributed by atoms with Crippen molar-refractivity contribution >= 4 is 41.5 Å². The molecule has 2 N–H and O–H groups in total. The molecular formula is C13H19ClIN3O. The van der Waals surface area contributed by atoms with Crippen LogP contribution in [-0.2, 0) is 11.3 Å². The summed E-state index contributed by atoms with van der Waals surface area (Å²) in [5.74, 6) is 0.886. The van der Waals surface area contributed by atoms with Gasteiger partial charge in [-0.1, -0.05) is 23.7 Å². The molecule has 0 radical (unpaired) electrons. The second-order valence-electron chi connectivity index (χ2n) is 4.12. The summed E-state index contributed by atoms with van der Waals surface area (Å²) in [4.78, 5) is 4.32. The molecule has 1 heterocycles. The molecule has 0 aliphatic carbocycles. The smallest absolute Gasteiger partial charge is 0.191 e. The van der Waals surface area contributed by atoms with Gasteiger partial charge in [-0.15, -0.1) is 24.0 Å². The van der Waals surface area contributed by atoms with Crippen molar-refractivity contribution in [1.29, 1.82) is 0 Å². The van der Waals surface area contributed by atoms with Crippen LogP contribution in [0.4, 0.5) is 0 Å². The van der Waals surface area contributed by atoms with Crippen LogP contribution < -0.4 is 10.6 Å². The average molecular weight is 396 g/mol. The monoisotopic (exact) mass is 395 g/mol. The first-order chi connectivity index (χ1) is 8.84. The summed E-state index contributed by atoms with van der Waals surface area (Å²) in [6.45, 7) is 3.93. The highest BCUT2D eigenvalue weighted by molar-refractivity contribution is 14.0. The lowest BCUT2D eigenvalue weighted by Gasteiger charge is -2.15. The molecule has 0 spiro atoms. The fraction of sp³-hybridized carbons (Fsp3) is 0.462. The van der Waals surface area contributed by atoms with Gasteiger partial charge in [0.1, 0.15) is 0 Å². The molecule has 0 unspecified atom stereocenters. The molecule has 0 amide bonds. The normalized spacial score (nSPS) is 14.1. The SMILES string of the molecule is Clc1ccc(COCCNC2=NCCCN2)cc1.I. The predicted octanol–water partition coefficient (Wildman–Crippen LogP) is 2.41. The van der Waals surface area contributed by atoms with Gasteiger partial charge in [-0.2, -0.15) is 0 Å². The summed E-state index contributed by atoms with van der Waals surface area (Å²) >= 11 is 5.81. The van der Waals surface area contributed by atoms with E-state index in [9.17, 15) is 0 Å². The lowest BCUT2D eigenvalue weighted by Crippen LogP contribution is -2.41. The Hall–Kier alpha value is -0.530. The standard InChI is InChI=1S/C13H18ClN3O.HI/c14-12-4-2-11(3-5-12)10-18-9-8-17-13-15-6-1-7-16-13;/h2-5H,1,6-10H2,(H2,15,16,17);1H. The maximum absolute atomic E-state index is 5.81. The zero-order valence-electron chi connectivity index (χ0n) is 10.7. The minimum Gasteiger partial charge on any atom is -0.375 e. The molecule has 6 heteroatoms. The Morgan fingerprint density at radius 1 is 1.32 bits per heavy atom. The van der Waals surface area contributed by atoms with E-state index >= 15 is 0 Å². The van der Waals surface area contributed by atoms with Crippen molar-refractivity contribution in [3.8, 4) is 0 Å². The molecule has 0 aromatic heterocycles. The van der Waals surface area contributed by atoms with E-state index in [1.165, 1.54) is 0 Å². The number of hydrogen-bond acceptors (Lipinski definition) is 4. The van der Waals surface area contributed by atoms with Crippen LogP contribution in [-0.4, -0.2) is 32.2 Å². The fourth-order valence-corrected chi connectivity index (χ4v) is 1.79. The number of hydrogen-bond donors (Lipinski definition) is 2. The van der Waals surface area contributed by atoms with Crippen molar-refractivity contribution < 1.29 is 4.74 Å². The number of rotatable bonds is 5. The van der Waals surface area contributed by atoms with Crippen LogP contribution in [0.25, 0.3) is 0 Å². The van der Waals surface area contributed by atoms with Gasteiger partial charge in [0.15, 0.2) is 5.96 Å². The Bertz CT molecular complexity index is 397. The van der Waals surface area contributed by atoms with Gasteiger partial charge in [0.25, 0.3) is 0 Å². The highest BCUT2D eigenvalue weighted by atomic mass is 127. The van der Waals surface area contributed by atoms with Crippen molar-refractivity contribution in [2.75, 3.05) is 26.2 Å². The first-order valence-electron chi connectivity index (χ1n) is 6.19. The van der Waals surface area contributed by atoms with E-state index in [0.29, 0.717) is 13.2 Å². The van der Waals surface area contributed by atoms with E-state index in [-0.39, 0.29) is 24.0 Å². The van der Waals surface area contributed by atoms with E-state index in [1.54, 1.807) is 0 Å². The van der Waals surface area contributed by atoms with E-state index in [0.717, 1.165) is 42.6 Å². The molecule has 1 aliphatic rings. The number of halogens is 2. The molecule has 1 aromatic carbocycles. The van der Waals surface area contributed by atoms with Gasteiger partial charge in [0.05, 0.1) is 13.2 Å². The van der Waals surface area contributed by atoms with Gasteiger partial charge >= 0.3 is 0 Å². The van der Waals surface area contributed by atoms with Crippen LogP contribution >= 0.6 is 35.6 Å². The third-order valence-corrected chi connectivity index (χ3v) is 2.87. The van der Waals surface area contributed by atoms with Crippen molar-refractivity contribution in [2.24, 2.45) is 4.99 Å². The maximum Gasteiger partial charge on any atom is 0.191 e. The van der Waals surface area contributed by atoms with E-state index in [2.05, 4.69) is 15.6 Å². The Kier molecular flexibility index (Phi) is 8.16. The summed E-state index contributed by atoms with van der Waals surface area (Å²) < 4.78 is 5.56. The van der Waals surface area contributed by atoms with Gasteiger partial charge in [-0.3, -0.25) is 4.99 Å². The van der Waals surface area contributed by atoms with Crippen LogP contribution in [0.5, 0.6) is 0 Å². The van der Waals surface area contributed by atoms with Crippen LogP contribution in [0.1, 0.15) is 12.0 Å². The molecule has 1 aromatic rings. The van der Waals surface area contributed by atoms with Crippen molar-refractivity contribution in [3.05, 3.63) is 34.9 Å². The molecule has 106 valence electrons. The summed E-state index contributed by atoms with van der Waals surface area (Å²) in [5, 5.41) is 7.16. The molecule has 0 saturated heterocycles. The van der Waals surface area contributed by atoms with Crippen molar-refractivity contribution in [2.45, 2.75) is 13.0 Å². The van der Waals surface area contributed by atoms with Gasteiger partial charge in [0, 0.05) is 24.7 Å². The zero-order chi connectivity index (χ0) is 12.6. The summed E-state index contributed by atoms with van der Waals surface area (Å²) in [5.41, 5.74) is 1.13. The Balaban J connectivity index is 0.00000180. The topological polar surface area (TPSA) is 45.6 Å². The van der Waals surface area contributed by atoms with E-state index < -0.39 is 0 Å². The van der Waals surface area contributed by atoms with Crippen LogP contribution in [0.2, 0.25) is 5.02 Å². The molecule has 0 saturated carbocycles. The lowest BCUT2D eigenvalue weighted by molar-refractivity contribution is 0.125.